The fourth-order valence-corrected chi connectivity index (χ4v) is 3.71. The first-order valence-corrected chi connectivity index (χ1v) is 8.87. The lowest BCUT2D eigenvalue weighted by Gasteiger charge is -2.23. The van der Waals surface area contributed by atoms with Gasteiger partial charge in [0.1, 0.15) is 0 Å². The van der Waals surface area contributed by atoms with E-state index in [9.17, 15) is 4.79 Å². The number of carbonyl (C=O) groups excluding carboxylic acids is 1. The average molecular weight is 328 g/mol. The Labute approximate surface area is 141 Å². The number of rotatable bonds is 3. The predicted octanol–water partition coefficient (Wildman–Crippen LogP) is 1.89. The van der Waals surface area contributed by atoms with Crippen LogP contribution in [-0.2, 0) is 4.74 Å². The molecule has 24 heavy (non-hydrogen) atoms. The molecule has 128 valence electrons. The van der Waals surface area contributed by atoms with Crippen LogP contribution < -0.4 is 0 Å². The highest BCUT2D eigenvalue weighted by Crippen LogP contribution is 2.19. The maximum Gasteiger partial charge on any atom is 0.275 e. The van der Waals surface area contributed by atoms with Crippen molar-refractivity contribution in [3.63, 3.8) is 0 Å². The fourth-order valence-electron chi connectivity index (χ4n) is 3.71. The first-order valence-electron chi connectivity index (χ1n) is 8.87. The SMILES string of the molecule is O=C(c1n[nH]c2ccccc12)N1CCCN(CC2CCCO2)CC1. The molecule has 0 radical (unpaired) electrons. The molecule has 1 atom stereocenters. The average Bonchev–Trinajstić information content (AvgIpc) is 3.20. The second-order valence-electron chi connectivity index (χ2n) is 6.70. The van der Waals surface area contributed by atoms with Crippen molar-refractivity contribution in [1.29, 1.82) is 0 Å². The summed E-state index contributed by atoms with van der Waals surface area (Å²) in [7, 11) is 0. The Morgan fingerprint density at radius 3 is 3.00 bits per heavy atom. The number of amides is 1. The van der Waals surface area contributed by atoms with Crippen molar-refractivity contribution >= 4 is 16.8 Å². The van der Waals surface area contributed by atoms with Crippen LogP contribution in [0.15, 0.2) is 24.3 Å². The molecule has 2 aromatic rings. The van der Waals surface area contributed by atoms with Gasteiger partial charge in [0, 0.05) is 38.2 Å². The molecule has 3 heterocycles. The number of hydrogen-bond acceptors (Lipinski definition) is 4. The summed E-state index contributed by atoms with van der Waals surface area (Å²) in [6, 6.07) is 7.79. The van der Waals surface area contributed by atoms with E-state index in [0.29, 0.717) is 11.8 Å². The lowest BCUT2D eigenvalue weighted by molar-refractivity contribution is 0.0702. The Morgan fingerprint density at radius 2 is 2.12 bits per heavy atom. The molecular formula is C18H24N4O2. The van der Waals surface area contributed by atoms with Crippen molar-refractivity contribution in [3.8, 4) is 0 Å². The fraction of sp³-hybridized carbons (Fsp3) is 0.556. The lowest BCUT2D eigenvalue weighted by Crippen LogP contribution is -2.37. The Kier molecular flexibility index (Phi) is 4.49. The molecule has 0 bridgehead atoms. The molecule has 2 saturated heterocycles. The van der Waals surface area contributed by atoms with E-state index in [4.69, 9.17) is 4.74 Å². The summed E-state index contributed by atoms with van der Waals surface area (Å²) in [5.41, 5.74) is 1.45. The van der Waals surface area contributed by atoms with Crippen LogP contribution in [0.3, 0.4) is 0 Å². The number of fused-ring (bicyclic) bond motifs is 1. The third kappa shape index (κ3) is 3.16. The van der Waals surface area contributed by atoms with Crippen LogP contribution in [0.2, 0.25) is 0 Å². The third-order valence-corrected chi connectivity index (χ3v) is 5.03. The standard InChI is InChI=1S/C18H24N4O2/c23-18(17-15-6-1-2-7-16(15)19-20-17)22-9-4-8-21(10-11-22)13-14-5-3-12-24-14/h1-2,6-7,14H,3-5,8-13H2,(H,19,20). The van der Waals surface area contributed by atoms with Crippen molar-refractivity contribution in [2.45, 2.75) is 25.4 Å². The number of ether oxygens (including phenoxy) is 1. The highest BCUT2D eigenvalue weighted by molar-refractivity contribution is 6.04. The highest BCUT2D eigenvalue weighted by atomic mass is 16.5. The number of hydrogen-bond donors (Lipinski definition) is 1. The zero-order valence-electron chi connectivity index (χ0n) is 13.9. The molecule has 6 heteroatoms. The van der Waals surface area contributed by atoms with Crippen molar-refractivity contribution in [1.82, 2.24) is 20.0 Å². The van der Waals surface area contributed by atoms with Gasteiger partial charge in [0.15, 0.2) is 5.69 Å². The molecule has 1 amide bonds. The van der Waals surface area contributed by atoms with Crippen LogP contribution in [0.4, 0.5) is 0 Å². The third-order valence-electron chi connectivity index (χ3n) is 5.03. The van der Waals surface area contributed by atoms with Crippen LogP contribution in [0.5, 0.6) is 0 Å². The van der Waals surface area contributed by atoms with Crippen LogP contribution in [0.1, 0.15) is 29.8 Å². The van der Waals surface area contributed by atoms with E-state index in [2.05, 4.69) is 15.1 Å². The summed E-state index contributed by atoms with van der Waals surface area (Å²) in [6.07, 6.45) is 3.72. The zero-order valence-corrected chi connectivity index (χ0v) is 13.9. The van der Waals surface area contributed by atoms with E-state index < -0.39 is 0 Å². The number of aromatic amines is 1. The molecule has 1 aromatic carbocycles. The maximum absolute atomic E-state index is 12.9. The predicted molar refractivity (Wildman–Crippen MR) is 92.0 cm³/mol. The number of nitrogens with zero attached hydrogens (tertiary/aromatic N) is 3. The monoisotopic (exact) mass is 328 g/mol. The summed E-state index contributed by atoms with van der Waals surface area (Å²) in [6.45, 7) is 5.39. The number of benzene rings is 1. The van der Waals surface area contributed by atoms with Gasteiger partial charge < -0.3 is 9.64 Å². The topological polar surface area (TPSA) is 61.5 Å². The van der Waals surface area contributed by atoms with Gasteiger partial charge in [-0.3, -0.25) is 14.8 Å². The highest BCUT2D eigenvalue weighted by Gasteiger charge is 2.25. The minimum absolute atomic E-state index is 0.0337. The molecule has 0 saturated carbocycles. The number of nitrogens with one attached hydrogen (secondary N) is 1. The van der Waals surface area contributed by atoms with E-state index in [1.54, 1.807) is 0 Å². The summed E-state index contributed by atoms with van der Waals surface area (Å²) < 4.78 is 5.74. The van der Waals surface area contributed by atoms with Gasteiger partial charge in [0.25, 0.3) is 5.91 Å². The van der Waals surface area contributed by atoms with Gasteiger partial charge in [-0.25, -0.2) is 0 Å². The van der Waals surface area contributed by atoms with E-state index in [-0.39, 0.29) is 5.91 Å². The number of aromatic nitrogens is 2. The first kappa shape index (κ1) is 15.6. The van der Waals surface area contributed by atoms with Crippen LogP contribution in [0.25, 0.3) is 10.9 Å². The number of para-hydroxylation sites is 1. The number of carbonyl (C=O) groups is 1. The number of H-pyrrole nitrogens is 1. The van der Waals surface area contributed by atoms with Crippen molar-refractivity contribution in [3.05, 3.63) is 30.0 Å². The molecule has 0 aliphatic carbocycles. The molecule has 6 nitrogen and oxygen atoms in total. The zero-order chi connectivity index (χ0) is 16.4. The molecule has 1 aromatic heterocycles. The van der Waals surface area contributed by atoms with Crippen LogP contribution in [-0.4, -0.2) is 71.3 Å². The normalized spacial score (nSPS) is 22.8. The Morgan fingerprint density at radius 1 is 1.21 bits per heavy atom. The first-order chi connectivity index (χ1) is 11.8. The summed E-state index contributed by atoms with van der Waals surface area (Å²) in [5.74, 6) is 0.0337. The molecular weight excluding hydrogens is 304 g/mol. The molecule has 1 N–H and O–H groups in total. The van der Waals surface area contributed by atoms with Crippen LogP contribution >= 0.6 is 0 Å². The Bertz CT molecular complexity index is 708. The van der Waals surface area contributed by atoms with Gasteiger partial charge in [-0.2, -0.15) is 5.10 Å². The second kappa shape index (κ2) is 6.91. The van der Waals surface area contributed by atoms with Gasteiger partial charge in [-0.1, -0.05) is 18.2 Å². The molecule has 0 spiro atoms. The Balaban J connectivity index is 1.42. The van der Waals surface area contributed by atoms with Crippen molar-refractivity contribution < 1.29 is 9.53 Å². The molecule has 2 fully saturated rings. The molecule has 2 aliphatic rings. The van der Waals surface area contributed by atoms with Crippen LogP contribution in [0, 0.1) is 0 Å². The molecule has 1 unspecified atom stereocenters. The minimum Gasteiger partial charge on any atom is -0.377 e. The Hall–Kier alpha value is -1.92. The van der Waals surface area contributed by atoms with Gasteiger partial charge in [0.2, 0.25) is 0 Å². The van der Waals surface area contributed by atoms with E-state index >= 15 is 0 Å². The van der Waals surface area contributed by atoms with E-state index in [1.165, 1.54) is 12.8 Å². The second-order valence-corrected chi connectivity index (χ2v) is 6.70. The molecule has 4 rings (SSSR count). The molecule has 2 aliphatic heterocycles. The van der Waals surface area contributed by atoms with Gasteiger partial charge >= 0.3 is 0 Å². The maximum atomic E-state index is 12.9. The van der Waals surface area contributed by atoms with Gasteiger partial charge in [0.05, 0.1) is 11.6 Å². The summed E-state index contributed by atoms with van der Waals surface area (Å²) >= 11 is 0. The quantitative estimate of drug-likeness (QED) is 0.935. The van der Waals surface area contributed by atoms with E-state index in [1.807, 2.05) is 29.2 Å². The summed E-state index contributed by atoms with van der Waals surface area (Å²) in [4.78, 5) is 17.3. The largest absolute Gasteiger partial charge is 0.377 e. The van der Waals surface area contributed by atoms with E-state index in [0.717, 1.165) is 56.7 Å². The van der Waals surface area contributed by atoms with Crippen molar-refractivity contribution in [2.24, 2.45) is 0 Å². The van der Waals surface area contributed by atoms with Gasteiger partial charge in [-0.15, -0.1) is 0 Å². The van der Waals surface area contributed by atoms with Crippen molar-refractivity contribution in [2.75, 3.05) is 39.3 Å². The summed E-state index contributed by atoms with van der Waals surface area (Å²) in [5, 5.41) is 8.12. The smallest absolute Gasteiger partial charge is 0.275 e. The van der Waals surface area contributed by atoms with Gasteiger partial charge in [-0.05, 0) is 31.9 Å². The minimum atomic E-state index is 0.0337. The lowest BCUT2D eigenvalue weighted by atomic mass is 10.2.